The van der Waals surface area contributed by atoms with E-state index in [4.69, 9.17) is 10.3 Å². The summed E-state index contributed by atoms with van der Waals surface area (Å²) in [6.07, 6.45) is 1.23. The molecule has 2 aromatic carbocycles. The Hall–Kier alpha value is -4.13. The Labute approximate surface area is 225 Å². The van der Waals surface area contributed by atoms with E-state index in [1.54, 1.807) is 47.4 Å². The number of hydrogen-bond acceptors (Lipinski definition) is 7. The number of likely N-dealkylation sites (tertiary alicyclic amines) is 1. The quantitative estimate of drug-likeness (QED) is 0.270. The van der Waals surface area contributed by atoms with Crippen molar-refractivity contribution in [2.45, 2.75) is 48.7 Å². The second-order valence-corrected chi connectivity index (χ2v) is 11.2. The van der Waals surface area contributed by atoms with E-state index in [0.717, 1.165) is 17.1 Å². The summed E-state index contributed by atoms with van der Waals surface area (Å²) >= 11 is 0. The largest absolute Gasteiger partial charge is 0.480 e. The summed E-state index contributed by atoms with van der Waals surface area (Å²) in [5, 5.41) is 15.8. The average Bonchev–Trinajstić information content (AvgIpc) is 3.61. The summed E-state index contributed by atoms with van der Waals surface area (Å²) in [5.41, 5.74) is 9.40. The maximum absolute atomic E-state index is 13.3. The molecule has 2 aromatic rings. The lowest BCUT2D eigenvalue weighted by atomic mass is 10.0. The Bertz CT molecular complexity index is 1360. The van der Waals surface area contributed by atoms with Crippen molar-refractivity contribution in [2.75, 3.05) is 19.6 Å². The minimum atomic E-state index is -4.12. The summed E-state index contributed by atoms with van der Waals surface area (Å²) < 4.78 is 32.8. The first-order chi connectivity index (χ1) is 18.7. The number of aliphatic carboxylic acids is 1. The fourth-order valence-corrected chi connectivity index (χ4v) is 6.29. The van der Waals surface area contributed by atoms with E-state index >= 15 is 0 Å². The second kappa shape index (κ2) is 12.2. The summed E-state index contributed by atoms with van der Waals surface area (Å²) in [5.74, 6) is -1.81. The number of benzene rings is 2. The van der Waals surface area contributed by atoms with Gasteiger partial charge in [0.1, 0.15) is 17.8 Å². The number of carboxylic acids is 1. The number of azide groups is 1. The Balaban J connectivity index is 1.45. The van der Waals surface area contributed by atoms with Gasteiger partial charge in [-0.05, 0) is 54.6 Å². The highest BCUT2D eigenvalue weighted by molar-refractivity contribution is 7.89. The maximum Gasteiger partial charge on any atom is 0.415 e. The zero-order chi connectivity index (χ0) is 28.0. The molecule has 2 aliphatic heterocycles. The molecule has 0 unspecified atom stereocenters. The topological polar surface area (TPSA) is 182 Å². The summed E-state index contributed by atoms with van der Waals surface area (Å²) in [6.45, 7) is 1.08. The van der Waals surface area contributed by atoms with E-state index in [1.807, 2.05) is 0 Å². The van der Waals surface area contributed by atoms with E-state index in [2.05, 4.69) is 15.3 Å². The van der Waals surface area contributed by atoms with Gasteiger partial charge in [-0.1, -0.05) is 35.4 Å². The molecule has 2 fully saturated rings. The highest BCUT2D eigenvalue weighted by atomic mass is 32.2. The SMILES string of the molecule is [N-]=[N+]=N[C@@H]1C[C@@H](C(=O)N[C@@H](Cc2ccc(OC(=O)N3CCCC3)cc2)C(=O)O)N(S(=O)(=O)c2ccccc2)C1. The number of nitrogens with zero attached hydrogens (tertiary/aromatic N) is 5. The van der Waals surface area contributed by atoms with Gasteiger partial charge in [-0.25, -0.2) is 18.0 Å². The Morgan fingerprint density at radius 2 is 1.77 bits per heavy atom. The third kappa shape index (κ3) is 6.66. The number of carboxylic acid groups (broad SMARTS) is 1. The van der Waals surface area contributed by atoms with E-state index in [0.29, 0.717) is 24.4 Å². The summed E-state index contributed by atoms with van der Waals surface area (Å²) in [4.78, 5) is 41.7. The standard InChI is InChI=1S/C25H28N6O7S/c26-29-28-18-15-22(31(16-18)39(36,37)20-6-2-1-3-7-20)23(32)27-21(24(33)34)14-17-8-10-19(11-9-17)38-25(35)30-12-4-5-13-30/h1-3,6-11,18,21-22H,4-5,12-16H2,(H,27,32)(H,33,34)/t18-,21+,22+/m1/s1. The Morgan fingerprint density at radius 1 is 1.10 bits per heavy atom. The van der Waals surface area contributed by atoms with Gasteiger partial charge in [-0.2, -0.15) is 4.31 Å². The minimum absolute atomic E-state index is 0.0373. The van der Waals surface area contributed by atoms with Crippen molar-refractivity contribution in [1.82, 2.24) is 14.5 Å². The molecule has 39 heavy (non-hydrogen) atoms. The van der Waals surface area contributed by atoms with Gasteiger partial charge in [0.25, 0.3) is 0 Å². The Morgan fingerprint density at radius 3 is 2.38 bits per heavy atom. The van der Waals surface area contributed by atoms with Crippen LogP contribution in [0.3, 0.4) is 0 Å². The number of carbonyl (C=O) groups excluding carboxylic acids is 2. The lowest BCUT2D eigenvalue weighted by Crippen LogP contribution is -2.51. The van der Waals surface area contributed by atoms with Gasteiger partial charge < -0.3 is 20.1 Å². The zero-order valence-corrected chi connectivity index (χ0v) is 21.7. The highest BCUT2D eigenvalue weighted by Crippen LogP contribution is 2.28. The zero-order valence-electron chi connectivity index (χ0n) is 20.9. The van der Waals surface area contributed by atoms with Crippen molar-refractivity contribution in [1.29, 1.82) is 0 Å². The van der Waals surface area contributed by atoms with Gasteiger partial charge in [0.2, 0.25) is 15.9 Å². The van der Waals surface area contributed by atoms with E-state index in [-0.39, 0.29) is 24.3 Å². The molecule has 0 saturated carbocycles. The van der Waals surface area contributed by atoms with Crippen LogP contribution in [0.5, 0.6) is 5.75 Å². The molecule has 2 amide bonds. The van der Waals surface area contributed by atoms with Gasteiger partial charge in [0.05, 0.1) is 10.9 Å². The van der Waals surface area contributed by atoms with Crippen LogP contribution >= 0.6 is 0 Å². The van der Waals surface area contributed by atoms with Gasteiger partial charge in [0.15, 0.2) is 0 Å². The predicted octanol–water partition coefficient (Wildman–Crippen LogP) is 2.54. The molecule has 3 atom stereocenters. The van der Waals surface area contributed by atoms with Crippen molar-refractivity contribution >= 4 is 28.0 Å². The number of rotatable bonds is 9. The molecule has 2 N–H and O–H groups in total. The number of nitrogens with one attached hydrogen (secondary N) is 1. The van der Waals surface area contributed by atoms with Gasteiger partial charge in [-0.15, -0.1) is 0 Å². The van der Waals surface area contributed by atoms with Crippen LogP contribution in [0.25, 0.3) is 10.4 Å². The highest BCUT2D eigenvalue weighted by Gasteiger charge is 2.44. The minimum Gasteiger partial charge on any atom is -0.480 e. The summed E-state index contributed by atoms with van der Waals surface area (Å²) in [7, 11) is -4.12. The van der Waals surface area contributed by atoms with Crippen molar-refractivity contribution < 1.29 is 32.6 Å². The molecule has 2 saturated heterocycles. The second-order valence-electron chi connectivity index (χ2n) is 9.31. The van der Waals surface area contributed by atoms with Crippen LogP contribution < -0.4 is 10.1 Å². The van der Waals surface area contributed by atoms with Crippen molar-refractivity contribution in [2.24, 2.45) is 5.11 Å². The smallest absolute Gasteiger partial charge is 0.415 e. The predicted molar refractivity (Wildman–Crippen MR) is 138 cm³/mol. The lowest BCUT2D eigenvalue weighted by molar-refractivity contribution is -0.142. The normalized spacial score (nSPS) is 20.2. The number of ether oxygens (including phenoxy) is 1. The summed E-state index contributed by atoms with van der Waals surface area (Å²) in [6, 6.07) is 10.4. The van der Waals surface area contributed by atoms with Crippen LogP contribution in [0.2, 0.25) is 0 Å². The van der Waals surface area contributed by atoms with Crippen LogP contribution in [0.4, 0.5) is 4.79 Å². The number of hydrogen-bond donors (Lipinski definition) is 2. The van der Waals surface area contributed by atoms with Gasteiger partial charge in [-0.3, -0.25) is 4.79 Å². The first kappa shape index (κ1) is 27.9. The first-order valence-electron chi connectivity index (χ1n) is 12.4. The fraction of sp³-hybridized carbons (Fsp3) is 0.400. The average molecular weight is 557 g/mol. The van der Waals surface area contributed by atoms with E-state index in [1.165, 1.54) is 12.1 Å². The molecule has 0 aliphatic carbocycles. The van der Waals surface area contributed by atoms with Crippen molar-refractivity contribution in [3.8, 4) is 5.75 Å². The van der Waals surface area contributed by atoms with Crippen molar-refractivity contribution in [3.63, 3.8) is 0 Å². The number of carbonyl (C=O) groups is 3. The van der Waals surface area contributed by atoms with Crippen LogP contribution in [-0.4, -0.2) is 78.5 Å². The number of amides is 2. The molecule has 2 heterocycles. The Kier molecular flexibility index (Phi) is 8.69. The maximum atomic E-state index is 13.3. The third-order valence-electron chi connectivity index (χ3n) is 6.65. The molecule has 0 spiro atoms. The van der Waals surface area contributed by atoms with Crippen LogP contribution in [0.15, 0.2) is 64.6 Å². The molecule has 0 aromatic heterocycles. The molecular weight excluding hydrogens is 528 g/mol. The molecule has 0 bridgehead atoms. The van der Waals surface area contributed by atoms with E-state index < -0.39 is 46.1 Å². The molecule has 2 aliphatic rings. The van der Waals surface area contributed by atoms with Crippen LogP contribution in [0.1, 0.15) is 24.8 Å². The van der Waals surface area contributed by atoms with Gasteiger partial charge >= 0.3 is 12.1 Å². The molecule has 0 radical (unpaired) electrons. The first-order valence-corrected chi connectivity index (χ1v) is 13.8. The third-order valence-corrected chi connectivity index (χ3v) is 8.54. The molecule has 13 nitrogen and oxygen atoms in total. The molecule has 14 heteroatoms. The molecular formula is C25H28N6O7S. The monoisotopic (exact) mass is 556 g/mol. The van der Waals surface area contributed by atoms with Gasteiger partial charge in [0, 0.05) is 31.0 Å². The molecule has 206 valence electrons. The van der Waals surface area contributed by atoms with Crippen LogP contribution in [0, 0.1) is 0 Å². The lowest BCUT2D eigenvalue weighted by Gasteiger charge is -2.25. The van der Waals surface area contributed by atoms with E-state index in [9.17, 15) is 27.9 Å². The van der Waals surface area contributed by atoms with Crippen LogP contribution in [-0.2, 0) is 26.0 Å². The fourth-order valence-electron chi connectivity index (χ4n) is 4.64. The van der Waals surface area contributed by atoms with Crippen molar-refractivity contribution in [3.05, 3.63) is 70.6 Å². The number of sulfonamides is 1. The molecule has 4 rings (SSSR count).